The molecule has 3 aliphatic heterocycles. The molecule has 3 atom stereocenters. The van der Waals surface area contributed by atoms with Crippen molar-refractivity contribution < 1.29 is 0 Å². The Kier molecular flexibility index (Phi) is 8.62. The molecule has 0 amide bonds. The normalized spacial score (nSPS) is 28.7. The van der Waals surface area contributed by atoms with Gasteiger partial charge in [0.15, 0.2) is 5.96 Å². The van der Waals surface area contributed by atoms with Crippen LogP contribution in [-0.4, -0.2) is 80.1 Å². The van der Waals surface area contributed by atoms with Gasteiger partial charge in [-0.3, -0.25) is 9.89 Å². The van der Waals surface area contributed by atoms with Crippen LogP contribution >= 0.6 is 24.0 Å². The maximum atomic E-state index is 4.62. The van der Waals surface area contributed by atoms with Gasteiger partial charge in [0.1, 0.15) is 0 Å². The Morgan fingerprint density at radius 1 is 1.07 bits per heavy atom. The van der Waals surface area contributed by atoms with E-state index in [9.17, 15) is 0 Å². The minimum Gasteiger partial charge on any atom is -0.356 e. The average Bonchev–Trinajstić information content (AvgIpc) is 3.14. The SMILES string of the molecule is CN=C(NCC1CCN(C)C1)N1CCC2C(CCCN2Cc2ccccc2)C1.I. The van der Waals surface area contributed by atoms with Crippen molar-refractivity contribution in [1.82, 2.24) is 20.0 Å². The van der Waals surface area contributed by atoms with E-state index >= 15 is 0 Å². The van der Waals surface area contributed by atoms with Gasteiger partial charge in [0.25, 0.3) is 0 Å². The molecule has 0 spiro atoms. The Balaban J connectivity index is 0.00000240. The highest BCUT2D eigenvalue weighted by Crippen LogP contribution is 2.31. The first-order valence-corrected chi connectivity index (χ1v) is 11.1. The number of rotatable bonds is 4. The Morgan fingerprint density at radius 2 is 1.90 bits per heavy atom. The van der Waals surface area contributed by atoms with Crippen LogP contribution < -0.4 is 5.32 Å². The lowest BCUT2D eigenvalue weighted by Gasteiger charge is -2.48. The van der Waals surface area contributed by atoms with Crippen LogP contribution in [0.25, 0.3) is 0 Å². The smallest absolute Gasteiger partial charge is 0.193 e. The van der Waals surface area contributed by atoms with Gasteiger partial charge in [-0.1, -0.05) is 30.3 Å². The minimum atomic E-state index is 0. The topological polar surface area (TPSA) is 34.1 Å². The third-order valence-electron chi connectivity index (χ3n) is 6.96. The van der Waals surface area contributed by atoms with Crippen LogP contribution in [0, 0.1) is 11.8 Å². The van der Waals surface area contributed by atoms with E-state index in [1.165, 1.54) is 50.9 Å². The number of piperidine rings is 2. The lowest BCUT2D eigenvalue weighted by Crippen LogP contribution is -2.57. The summed E-state index contributed by atoms with van der Waals surface area (Å²) in [5.74, 6) is 2.64. The van der Waals surface area contributed by atoms with Crippen molar-refractivity contribution in [2.75, 3.05) is 53.4 Å². The number of fused-ring (bicyclic) bond motifs is 1. The fourth-order valence-corrected chi connectivity index (χ4v) is 5.47. The quantitative estimate of drug-likeness (QED) is 0.383. The van der Waals surface area contributed by atoms with E-state index in [4.69, 9.17) is 0 Å². The van der Waals surface area contributed by atoms with Gasteiger partial charge in [0.05, 0.1) is 0 Å². The third-order valence-corrected chi connectivity index (χ3v) is 6.96. The summed E-state index contributed by atoms with van der Waals surface area (Å²) < 4.78 is 0. The van der Waals surface area contributed by atoms with Gasteiger partial charge >= 0.3 is 0 Å². The molecule has 4 rings (SSSR count). The summed E-state index contributed by atoms with van der Waals surface area (Å²) in [6, 6.07) is 11.7. The molecule has 5 nitrogen and oxygen atoms in total. The van der Waals surface area contributed by atoms with Crippen LogP contribution in [0.15, 0.2) is 35.3 Å². The Morgan fingerprint density at radius 3 is 2.62 bits per heavy atom. The van der Waals surface area contributed by atoms with Crippen molar-refractivity contribution in [3.63, 3.8) is 0 Å². The third kappa shape index (κ3) is 5.85. The lowest BCUT2D eigenvalue weighted by molar-refractivity contribution is 0.0372. The molecule has 162 valence electrons. The zero-order chi connectivity index (χ0) is 19.3. The summed E-state index contributed by atoms with van der Waals surface area (Å²) in [6.45, 7) is 8.12. The van der Waals surface area contributed by atoms with Crippen molar-refractivity contribution in [2.24, 2.45) is 16.8 Å². The molecule has 0 saturated carbocycles. The van der Waals surface area contributed by atoms with E-state index in [0.717, 1.165) is 50.0 Å². The molecular formula is C23H38IN5. The van der Waals surface area contributed by atoms with Crippen molar-refractivity contribution in [3.05, 3.63) is 35.9 Å². The first-order valence-electron chi connectivity index (χ1n) is 11.1. The molecule has 0 bridgehead atoms. The van der Waals surface area contributed by atoms with E-state index in [1.54, 1.807) is 0 Å². The maximum Gasteiger partial charge on any atom is 0.193 e. The molecule has 29 heavy (non-hydrogen) atoms. The van der Waals surface area contributed by atoms with Crippen LogP contribution in [0.4, 0.5) is 0 Å². The number of guanidine groups is 1. The number of nitrogens with one attached hydrogen (secondary N) is 1. The van der Waals surface area contributed by atoms with E-state index in [1.807, 2.05) is 7.05 Å². The Hall–Kier alpha value is -0.860. The van der Waals surface area contributed by atoms with Gasteiger partial charge in [0.2, 0.25) is 0 Å². The summed E-state index contributed by atoms with van der Waals surface area (Å²) >= 11 is 0. The average molecular weight is 511 g/mol. The highest BCUT2D eigenvalue weighted by Gasteiger charge is 2.36. The summed E-state index contributed by atoms with van der Waals surface area (Å²) in [5, 5.41) is 3.68. The van der Waals surface area contributed by atoms with Crippen molar-refractivity contribution >= 4 is 29.9 Å². The van der Waals surface area contributed by atoms with E-state index < -0.39 is 0 Å². The molecule has 3 heterocycles. The fraction of sp³-hybridized carbons (Fsp3) is 0.696. The van der Waals surface area contributed by atoms with Gasteiger partial charge in [-0.05, 0) is 63.2 Å². The Labute approximate surface area is 193 Å². The van der Waals surface area contributed by atoms with Crippen LogP contribution in [0.1, 0.15) is 31.2 Å². The highest BCUT2D eigenvalue weighted by molar-refractivity contribution is 14.0. The molecule has 0 aromatic heterocycles. The van der Waals surface area contributed by atoms with Gasteiger partial charge in [0, 0.05) is 45.8 Å². The highest BCUT2D eigenvalue weighted by atomic mass is 127. The molecule has 3 unspecified atom stereocenters. The van der Waals surface area contributed by atoms with Crippen molar-refractivity contribution in [3.8, 4) is 0 Å². The van der Waals surface area contributed by atoms with Crippen LogP contribution in [0.2, 0.25) is 0 Å². The molecule has 1 aromatic carbocycles. The monoisotopic (exact) mass is 511 g/mol. The van der Waals surface area contributed by atoms with Gasteiger partial charge in [-0.15, -0.1) is 24.0 Å². The molecule has 3 saturated heterocycles. The van der Waals surface area contributed by atoms with E-state index in [2.05, 4.69) is 62.4 Å². The fourth-order valence-electron chi connectivity index (χ4n) is 5.47. The van der Waals surface area contributed by atoms with Crippen molar-refractivity contribution in [1.29, 1.82) is 0 Å². The minimum absolute atomic E-state index is 0. The van der Waals surface area contributed by atoms with Gasteiger partial charge in [-0.25, -0.2) is 0 Å². The molecule has 0 radical (unpaired) electrons. The predicted molar refractivity (Wildman–Crippen MR) is 132 cm³/mol. The second kappa shape index (κ2) is 11.0. The second-order valence-corrected chi connectivity index (χ2v) is 9.01. The van der Waals surface area contributed by atoms with E-state index in [0.29, 0.717) is 0 Å². The molecule has 6 heteroatoms. The van der Waals surface area contributed by atoms with Crippen LogP contribution in [0.3, 0.4) is 0 Å². The number of likely N-dealkylation sites (tertiary alicyclic amines) is 3. The predicted octanol–water partition coefficient (Wildman–Crippen LogP) is 3.12. The molecule has 1 N–H and O–H groups in total. The van der Waals surface area contributed by atoms with Crippen LogP contribution in [0.5, 0.6) is 0 Å². The summed E-state index contributed by atoms with van der Waals surface area (Å²) in [5.41, 5.74) is 1.45. The molecule has 0 aliphatic carbocycles. The summed E-state index contributed by atoms with van der Waals surface area (Å²) in [6.07, 6.45) is 5.24. The number of aliphatic imine (C=N–C) groups is 1. The molecule has 3 aliphatic rings. The standard InChI is InChI=1S/C23H37N5.HI/c1-24-23(25-15-20-10-13-26(2)16-20)28-14-11-22-21(18-28)9-6-12-27(22)17-19-7-4-3-5-8-19;/h3-5,7-8,20-22H,6,9-18H2,1-2H3,(H,24,25);1H. The second-order valence-electron chi connectivity index (χ2n) is 9.01. The number of hydrogen-bond donors (Lipinski definition) is 1. The summed E-state index contributed by atoms with van der Waals surface area (Å²) in [4.78, 5) is 12.3. The summed E-state index contributed by atoms with van der Waals surface area (Å²) in [7, 11) is 4.17. The van der Waals surface area contributed by atoms with E-state index in [-0.39, 0.29) is 24.0 Å². The number of hydrogen-bond acceptors (Lipinski definition) is 3. The lowest BCUT2D eigenvalue weighted by atomic mass is 9.83. The number of nitrogens with zero attached hydrogens (tertiary/aromatic N) is 4. The molecule has 1 aromatic rings. The number of halogens is 1. The molecular weight excluding hydrogens is 473 g/mol. The van der Waals surface area contributed by atoms with Gasteiger partial charge < -0.3 is 15.1 Å². The largest absolute Gasteiger partial charge is 0.356 e. The first kappa shape index (κ1) is 22.8. The Bertz CT molecular complexity index is 652. The van der Waals surface area contributed by atoms with Crippen molar-refractivity contribution in [2.45, 2.75) is 38.3 Å². The van der Waals surface area contributed by atoms with Gasteiger partial charge in [-0.2, -0.15) is 0 Å². The zero-order valence-electron chi connectivity index (χ0n) is 18.1. The first-order chi connectivity index (χ1) is 13.7. The number of benzene rings is 1. The maximum absolute atomic E-state index is 4.62. The van der Waals surface area contributed by atoms with Crippen LogP contribution in [-0.2, 0) is 6.54 Å². The molecule has 3 fully saturated rings. The zero-order valence-corrected chi connectivity index (χ0v) is 20.4.